The van der Waals surface area contributed by atoms with Crippen molar-refractivity contribution in [2.75, 3.05) is 0 Å². The molecule has 0 fully saturated rings. The van der Waals surface area contributed by atoms with Gasteiger partial charge in [-0.2, -0.15) is 0 Å². The van der Waals surface area contributed by atoms with Crippen LogP contribution in [0, 0.1) is 0 Å². The summed E-state index contributed by atoms with van der Waals surface area (Å²) >= 11 is 0.700. The van der Waals surface area contributed by atoms with Crippen molar-refractivity contribution < 1.29 is 60.3 Å². The van der Waals surface area contributed by atoms with E-state index in [1.165, 1.54) is 0 Å². The fourth-order valence-electron chi connectivity index (χ4n) is 0. The number of rotatable bonds is 0. The van der Waals surface area contributed by atoms with Gasteiger partial charge in [0.15, 0.2) is 0 Å². The van der Waals surface area contributed by atoms with Crippen LogP contribution < -0.4 is 0 Å². The van der Waals surface area contributed by atoms with Crippen LogP contribution in [0.4, 0.5) is 0 Å². The molecule has 0 N–H and O–H groups in total. The van der Waals surface area contributed by atoms with Gasteiger partial charge in [0.05, 0.1) is 0 Å². The van der Waals surface area contributed by atoms with Crippen molar-refractivity contribution in [3.63, 3.8) is 0 Å². The van der Waals surface area contributed by atoms with Gasteiger partial charge in [0, 0.05) is 37.1 Å². The van der Waals surface area contributed by atoms with Gasteiger partial charge in [-0.15, -0.1) is 0 Å². The Balaban J connectivity index is -0.00000000500. The molecule has 0 spiro atoms. The Labute approximate surface area is 59.9 Å². The number of hydrogen-bond acceptors (Lipinski definition) is 1. The van der Waals surface area contributed by atoms with Crippen LogP contribution in [0.2, 0.25) is 0 Å². The van der Waals surface area contributed by atoms with Gasteiger partial charge in [-0.1, -0.05) is 0 Å². The molecule has 22 valence electrons. The van der Waals surface area contributed by atoms with E-state index in [9.17, 15) is 0 Å². The van der Waals surface area contributed by atoms with Crippen molar-refractivity contribution in [2.24, 2.45) is 0 Å². The Morgan fingerprint density at radius 1 is 1.00 bits per heavy atom. The predicted octanol–water partition coefficient (Wildman–Crippen LogP) is -0.126. The predicted molar refractivity (Wildman–Crippen MR) is 0.686 cm³/mol. The topological polar surface area (TPSA) is 17.1 Å². The average molecular weight is 214 g/mol. The maximum atomic E-state index is 8.26. The first-order valence-corrected chi connectivity index (χ1v) is 0.986. The zero-order valence-electron chi connectivity index (χ0n) is 1.71. The van der Waals surface area contributed by atoms with Crippen LogP contribution in [-0.2, 0) is 60.3 Å². The molecule has 0 amide bonds. The second-order valence-electron chi connectivity index (χ2n) is 0. The van der Waals surface area contributed by atoms with Gasteiger partial charge in [-0.05, 0) is 0 Å². The molecular formula is MoOV2. The Morgan fingerprint density at radius 3 is 1.00 bits per heavy atom. The molecular weight excluding hydrogens is 214 g/mol. The van der Waals surface area contributed by atoms with Crippen LogP contribution >= 0.6 is 0 Å². The first-order valence-electron chi connectivity index (χ1n) is 0.167. The van der Waals surface area contributed by atoms with Crippen LogP contribution in [0.1, 0.15) is 0 Å². The molecule has 0 atom stereocenters. The summed E-state index contributed by atoms with van der Waals surface area (Å²) in [4.78, 5) is 0. The third-order valence-electron chi connectivity index (χ3n) is 0. The molecule has 0 aliphatic heterocycles. The molecule has 4 heteroatoms. The summed E-state index contributed by atoms with van der Waals surface area (Å²) in [5, 5.41) is 0. The van der Waals surface area contributed by atoms with E-state index in [1.807, 2.05) is 0 Å². The molecule has 0 aliphatic carbocycles. The van der Waals surface area contributed by atoms with Gasteiger partial charge in [-0.3, -0.25) is 0 Å². The van der Waals surface area contributed by atoms with E-state index < -0.39 is 0 Å². The van der Waals surface area contributed by atoms with Gasteiger partial charge in [-0.25, -0.2) is 0 Å². The third kappa shape index (κ3) is 9.40. The molecule has 0 aromatic carbocycles. The molecule has 0 rings (SSSR count). The van der Waals surface area contributed by atoms with E-state index >= 15 is 0 Å². The minimum Gasteiger partial charge on any atom is 0 e. The van der Waals surface area contributed by atoms with Gasteiger partial charge in [0.1, 0.15) is 0 Å². The first kappa shape index (κ1) is 17.4. The van der Waals surface area contributed by atoms with E-state index in [-0.39, 0.29) is 37.1 Å². The van der Waals surface area contributed by atoms with E-state index in [0.29, 0.717) is 19.8 Å². The van der Waals surface area contributed by atoms with E-state index in [4.69, 9.17) is 3.40 Å². The maximum Gasteiger partial charge on any atom is 0 e. The quantitative estimate of drug-likeness (QED) is 0.513. The largest absolute Gasteiger partial charge is 0 e. The normalized spacial score (nSPS) is 1.00. The van der Waals surface area contributed by atoms with Crippen molar-refractivity contribution in [3.8, 4) is 0 Å². The summed E-state index contributed by atoms with van der Waals surface area (Å²) in [5.41, 5.74) is 0. The molecule has 4 heavy (non-hydrogen) atoms. The second-order valence-corrected chi connectivity index (χ2v) is 0. The first-order chi connectivity index (χ1) is 1.00. The Hall–Kier alpha value is 1.66. The number of hydrogen-bond donors (Lipinski definition) is 0. The van der Waals surface area contributed by atoms with Crippen LogP contribution in [-0.4, -0.2) is 0 Å². The Kier molecular flexibility index (Phi) is 98.5. The minimum absolute atomic E-state index is 0. The molecule has 0 saturated carbocycles. The van der Waals surface area contributed by atoms with Gasteiger partial charge >= 0.3 is 23.2 Å². The molecule has 0 unspecified atom stereocenters. The van der Waals surface area contributed by atoms with Gasteiger partial charge in [0.2, 0.25) is 0 Å². The fraction of sp³-hybridized carbons (Fsp3) is 0. The molecule has 0 aromatic rings. The van der Waals surface area contributed by atoms with Crippen molar-refractivity contribution >= 4 is 0 Å². The van der Waals surface area contributed by atoms with E-state index in [2.05, 4.69) is 0 Å². The molecule has 0 saturated heterocycles. The second kappa shape index (κ2) is 22.7. The van der Waals surface area contributed by atoms with Gasteiger partial charge < -0.3 is 0 Å². The van der Waals surface area contributed by atoms with Crippen molar-refractivity contribution in [2.45, 2.75) is 0 Å². The van der Waals surface area contributed by atoms with Crippen LogP contribution in [0.15, 0.2) is 0 Å². The molecule has 0 heterocycles. The summed E-state index contributed by atoms with van der Waals surface area (Å²) < 4.78 is 8.26. The standard InChI is InChI=1S/Mo.O.2V. The van der Waals surface area contributed by atoms with Crippen LogP contribution in [0.5, 0.6) is 0 Å². The zero-order valence-corrected chi connectivity index (χ0v) is 6.51. The molecule has 0 bridgehead atoms. The fourth-order valence-corrected chi connectivity index (χ4v) is 0. The molecule has 2 radical (unpaired) electrons. The summed E-state index contributed by atoms with van der Waals surface area (Å²) in [7, 11) is 0. The summed E-state index contributed by atoms with van der Waals surface area (Å²) in [5.74, 6) is 0. The van der Waals surface area contributed by atoms with Crippen molar-refractivity contribution in [1.82, 2.24) is 0 Å². The Bertz CT molecular complexity index is 6.00. The Morgan fingerprint density at radius 2 is 1.00 bits per heavy atom. The minimum atomic E-state index is 0. The van der Waals surface area contributed by atoms with Crippen LogP contribution in [0.25, 0.3) is 0 Å². The maximum absolute atomic E-state index is 8.26. The molecule has 0 aliphatic rings. The molecule has 1 nitrogen and oxygen atoms in total. The van der Waals surface area contributed by atoms with Crippen LogP contribution in [0.3, 0.4) is 0 Å². The summed E-state index contributed by atoms with van der Waals surface area (Å²) in [6, 6.07) is 0. The van der Waals surface area contributed by atoms with E-state index in [1.54, 1.807) is 0 Å². The average Bonchev–Trinajstić information content (AvgIpc) is 1.00. The van der Waals surface area contributed by atoms with Crippen molar-refractivity contribution in [3.05, 3.63) is 0 Å². The SMILES string of the molecule is [O]=[Mo].[V].[V]. The summed E-state index contributed by atoms with van der Waals surface area (Å²) in [6.07, 6.45) is 0. The molecule has 0 aromatic heterocycles. The van der Waals surface area contributed by atoms with Gasteiger partial charge in [0.25, 0.3) is 0 Å². The van der Waals surface area contributed by atoms with Crippen molar-refractivity contribution in [1.29, 1.82) is 0 Å². The zero-order chi connectivity index (χ0) is 2.00. The summed E-state index contributed by atoms with van der Waals surface area (Å²) in [6.45, 7) is 0. The monoisotopic (exact) mass is 216 g/mol. The third-order valence-corrected chi connectivity index (χ3v) is 0. The van der Waals surface area contributed by atoms with E-state index in [0.717, 1.165) is 0 Å². The smallest absolute Gasteiger partial charge is 0 e.